The molecule has 0 spiro atoms. The maximum atomic E-state index is 10.6. The highest BCUT2D eigenvalue weighted by Gasteiger charge is 2.19. The average Bonchev–Trinajstić information content (AvgIpc) is 2.50. The molecule has 0 fully saturated rings. The van der Waals surface area contributed by atoms with Crippen molar-refractivity contribution in [2.24, 2.45) is 5.73 Å². The number of carboxylic acids is 1. The van der Waals surface area contributed by atoms with Gasteiger partial charge in [-0.15, -0.1) is 10.2 Å². The molecule has 1 amide bonds. The summed E-state index contributed by atoms with van der Waals surface area (Å²) in [5, 5.41) is 18.4. The summed E-state index contributed by atoms with van der Waals surface area (Å²) in [5.41, 5.74) is 5.28. The normalized spacial score (nSPS) is 12.1. The van der Waals surface area contributed by atoms with Crippen molar-refractivity contribution in [3.63, 3.8) is 0 Å². The van der Waals surface area contributed by atoms with E-state index in [9.17, 15) is 9.59 Å². The highest BCUT2D eigenvalue weighted by Crippen LogP contribution is 2.19. The number of rotatable bonds is 3. The Balaban J connectivity index is 2.77. The minimum Gasteiger partial charge on any atom is -0.480 e. The molecule has 0 aliphatic carbocycles. The molecule has 1 aromatic heterocycles. The van der Waals surface area contributed by atoms with Crippen LogP contribution in [0.5, 0.6) is 0 Å². The van der Waals surface area contributed by atoms with Crippen LogP contribution in [0.15, 0.2) is 0 Å². The number of carboxylic acid groups (broad SMARTS) is 1. The smallest absolute Gasteiger partial charge is 0.327 e. The van der Waals surface area contributed by atoms with Gasteiger partial charge in [0.2, 0.25) is 11.0 Å². The summed E-state index contributed by atoms with van der Waals surface area (Å²) in [6.45, 7) is 1.32. The maximum Gasteiger partial charge on any atom is 0.327 e. The lowest BCUT2D eigenvalue weighted by Gasteiger charge is -1.98. The Bertz CT molecular complexity index is 364. The minimum atomic E-state index is -1.20. The van der Waals surface area contributed by atoms with E-state index in [4.69, 9.17) is 10.8 Å². The maximum absolute atomic E-state index is 10.6. The lowest BCUT2D eigenvalue weighted by Crippen LogP contribution is -2.20. The summed E-state index contributed by atoms with van der Waals surface area (Å²) in [6, 6.07) is -1.20. The summed E-state index contributed by atoms with van der Waals surface area (Å²) < 4.78 is 0. The zero-order valence-electron chi connectivity index (χ0n) is 7.22. The average molecular weight is 216 g/mol. The van der Waals surface area contributed by atoms with Crippen molar-refractivity contribution < 1.29 is 14.7 Å². The number of nitrogens with two attached hydrogens (primary N) is 1. The van der Waals surface area contributed by atoms with E-state index in [1.165, 1.54) is 6.92 Å². The monoisotopic (exact) mass is 216 g/mol. The first kappa shape index (κ1) is 10.5. The number of nitrogens with zero attached hydrogens (tertiary/aromatic N) is 2. The van der Waals surface area contributed by atoms with E-state index in [-0.39, 0.29) is 16.0 Å². The van der Waals surface area contributed by atoms with Gasteiger partial charge in [-0.1, -0.05) is 11.3 Å². The van der Waals surface area contributed by atoms with Gasteiger partial charge in [0.25, 0.3) is 0 Å². The topological polar surface area (TPSA) is 118 Å². The molecule has 7 nitrogen and oxygen atoms in total. The fourth-order valence-corrected chi connectivity index (χ4v) is 1.45. The van der Waals surface area contributed by atoms with Crippen molar-refractivity contribution in [2.45, 2.75) is 13.0 Å². The van der Waals surface area contributed by atoms with E-state index in [1.54, 1.807) is 0 Å². The van der Waals surface area contributed by atoms with Crippen LogP contribution in [0, 0.1) is 0 Å². The fourth-order valence-electron chi connectivity index (χ4n) is 0.667. The number of anilines is 1. The molecule has 1 heterocycles. The van der Waals surface area contributed by atoms with Gasteiger partial charge in [-0.05, 0) is 0 Å². The molecule has 0 radical (unpaired) electrons. The van der Waals surface area contributed by atoms with Crippen LogP contribution in [0.4, 0.5) is 5.13 Å². The Kier molecular flexibility index (Phi) is 3.10. The number of aromatic nitrogens is 2. The second kappa shape index (κ2) is 4.11. The van der Waals surface area contributed by atoms with E-state index < -0.39 is 12.0 Å². The Morgan fingerprint density at radius 2 is 2.21 bits per heavy atom. The second-order valence-electron chi connectivity index (χ2n) is 2.44. The van der Waals surface area contributed by atoms with Gasteiger partial charge in [0.1, 0.15) is 5.01 Å². The third kappa shape index (κ3) is 2.47. The van der Waals surface area contributed by atoms with Crippen LogP contribution in [0.3, 0.4) is 0 Å². The van der Waals surface area contributed by atoms with Gasteiger partial charge in [-0.2, -0.15) is 0 Å². The molecular weight excluding hydrogens is 208 g/mol. The molecule has 0 bridgehead atoms. The highest BCUT2D eigenvalue weighted by molar-refractivity contribution is 7.15. The van der Waals surface area contributed by atoms with Crippen LogP contribution in [0.25, 0.3) is 0 Å². The van der Waals surface area contributed by atoms with Crippen molar-refractivity contribution in [3.8, 4) is 0 Å². The van der Waals surface area contributed by atoms with E-state index in [0.29, 0.717) is 0 Å². The molecule has 1 rings (SSSR count). The first-order chi connectivity index (χ1) is 6.50. The van der Waals surface area contributed by atoms with Crippen LogP contribution in [0.2, 0.25) is 0 Å². The lowest BCUT2D eigenvalue weighted by atomic mass is 10.3. The first-order valence-electron chi connectivity index (χ1n) is 3.60. The first-order valence-corrected chi connectivity index (χ1v) is 4.41. The fraction of sp³-hybridized carbons (Fsp3) is 0.333. The predicted molar refractivity (Wildman–Crippen MR) is 48.8 cm³/mol. The summed E-state index contributed by atoms with van der Waals surface area (Å²) in [4.78, 5) is 21.1. The highest BCUT2D eigenvalue weighted by atomic mass is 32.1. The minimum absolute atomic E-state index is 0.154. The largest absolute Gasteiger partial charge is 0.480 e. The molecular formula is C6H8N4O3S. The lowest BCUT2D eigenvalue weighted by molar-refractivity contribution is -0.138. The Hall–Kier alpha value is -1.54. The number of amides is 1. The Morgan fingerprint density at radius 3 is 2.71 bits per heavy atom. The second-order valence-corrected chi connectivity index (χ2v) is 3.45. The summed E-state index contributed by atoms with van der Waals surface area (Å²) in [5.74, 6) is -1.48. The number of nitrogens with one attached hydrogen (secondary N) is 1. The van der Waals surface area contributed by atoms with Crippen molar-refractivity contribution >= 4 is 28.3 Å². The molecule has 0 aliphatic rings. The Morgan fingerprint density at radius 1 is 1.57 bits per heavy atom. The number of carbonyl (C=O) groups excluding carboxylic acids is 1. The molecule has 8 heteroatoms. The number of hydrogen-bond acceptors (Lipinski definition) is 6. The van der Waals surface area contributed by atoms with Crippen molar-refractivity contribution in [2.75, 3.05) is 5.32 Å². The van der Waals surface area contributed by atoms with Gasteiger partial charge in [0.05, 0.1) is 0 Å². The zero-order valence-corrected chi connectivity index (χ0v) is 8.04. The van der Waals surface area contributed by atoms with Gasteiger partial charge in [-0.25, -0.2) is 0 Å². The van der Waals surface area contributed by atoms with Crippen LogP contribution < -0.4 is 11.1 Å². The van der Waals surface area contributed by atoms with E-state index in [2.05, 4.69) is 15.5 Å². The number of hydrogen-bond donors (Lipinski definition) is 3. The van der Waals surface area contributed by atoms with Gasteiger partial charge in [-0.3, -0.25) is 9.59 Å². The molecule has 76 valence electrons. The summed E-state index contributed by atoms with van der Waals surface area (Å²) in [6.07, 6.45) is 0. The van der Waals surface area contributed by atoms with E-state index in [1.807, 2.05) is 0 Å². The van der Waals surface area contributed by atoms with Gasteiger partial charge in [0.15, 0.2) is 6.04 Å². The summed E-state index contributed by atoms with van der Waals surface area (Å²) >= 11 is 0.938. The van der Waals surface area contributed by atoms with Crippen LogP contribution >= 0.6 is 11.3 Å². The van der Waals surface area contributed by atoms with Crippen LogP contribution in [0.1, 0.15) is 18.0 Å². The number of carbonyl (C=O) groups is 2. The van der Waals surface area contributed by atoms with Gasteiger partial charge < -0.3 is 16.2 Å². The van der Waals surface area contributed by atoms with Crippen LogP contribution in [-0.4, -0.2) is 27.2 Å². The molecule has 1 aromatic rings. The molecule has 0 saturated carbocycles. The third-order valence-electron chi connectivity index (χ3n) is 1.26. The number of aliphatic carboxylic acids is 1. The van der Waals surface area contributed by atoms with Crippen LogP contribution in [-0.2, 0) is 9.59 Å². The van der Waals surface area contributed by atoms with E-state index >= 15 is 0 Å². The molecule has 1 unspecified atom stereocenters. The van der Waals surface area contributed by atoms with Gasteiger partial charge >= 0.3 is 5.97 Å². The standard InChI is InChI=1S/C6H8N4O3S/c1-2(11)8-6-10-9-4(14-6)3(7)5(12)13/h3H,7H2,1H3,(H,12,13)(H,8,10,11). The molecule has 14 heavy (non-hydrogen) atoms. The van der Waals surface area contributed by atoms with Gasteiger partial charge in [0, 0.05) is 6.92 Å². The molecule has 0 saturated heterocycles. The molecule has 4 N–H and O–H groups in total. The summed E-state index contributed by atoms with van der Waals surface area (Å²) in [7, 11) is 0. The molecule has 0 aromatic carbocycles. The Labute approximate surface area is 82.9 Å². The third-order valence-corrected chi connectivity index (χ3v) is 2.18. The predicted octanol–water partition coefficient (Wildman–Crippen LogP) is -0.419. The quantitative estimate of drug-likeness (QED) is 0.631. The zero-order chi connectivity index (χ0) is 10.7. The SMILES string of the molecule is CC(=O)Nc1nnc(C(N)C(=O)O)s1. The van der Waals surface area contributed by atoms with Crippen molar-refractivity contribution in [3.05, 3.63) is 5.01 Å². The van der Waals surface area contributed by atoms with E-state index in [0.717, 1.165) is 11.3 Å². The molecule has 0 aliphatic heterocycles. The molecule has 1 atom stereocenters. The van der Waals surface area contributed by atoms with Crippen molar-refractivity contribution in [1.82, 2.24) is 10.2 Å². The van der Waals surface area contributed by atoms with Crippen molar-refractivity contribution in [1.29, 1.82) is 0 Å².